The molecule has 0 bridgehead atoms. The van der Waals surface area contributed by atoms with E-state index in [9.17, 15) is 4.79 Å². The Morgan fingerprint density at radius 1 is 0.784 bits per heavy atom. The molecule has 0 atom stereocenters. The number of aryl methyl sites for hydroxylation is 1. The molecule has 0 aliphatic rings. The molecule has 5 heteroatoms. The summed E-state index contributed by atoms with van der Waals surface area (Å²) < 4.78 is 20.3. The smallest absolute Gasteiger partial charge is 0.305 e. The number of carbonyl (C=O) groups is 1. The van der Waals surface area contributed by atoms with Crippen LogP contribution in [0.1, 0.15) is 28.7 Å². The molecule has 1 N–H and O–H groups in total. The number of rotatable bonds is 8. The molecule has 0 aliphatic carbocycles. The molecule has 1 aromatic heterocycles. The summed E-state index contributed by atoms with van der Waals surface area (Å²) in [5, 5.41) is 4.85. The first-order valence-corrected chi connectivity index (χ1v) is 12.2. The number of ether oxygens (including phenoxy) is 1. The zero-order valence-corrected chi connectivity index (χ0v) is 20.5. The van der Waals surface area contributed by atoms with Crippen molar-refractivity contribution in [3.63, 3.8) is 0 Å². The van der Waals surface area contributed by atoms with Crippen molar-refractivity contribution in [1.82, 2.24) is 4.98 Å². The zero-order valence-electron chi connectivity index (χ0n) is 20.5. The van der Waals surface area contributed by atoms with Gasteiger partial charge in [0.1, 0.15) is 17.2 Å². The van der Waals surface area contributed by atoms with Gasteiger partial charge in [0.15, 0.2) is 0 Å². The number of carbonyl (C=O) groups excluding carboxylic acids is 1. The minimum atomic E-state index is -0.787. The molecule has 1 heterocycles. The SMILES string of the molecule is COC(=O)CCc1ccc2c(NC(c3ccccc3)(c3ccccc3)c3ccccc3)nccc2c1F. The molecule has 4 aromatic carbocycles. The molecule has 0 unspecified atom stereocenters. The van der Waals surface area contributed by atoms with Gasteiger partial charge in [-0.2, -0.15) is 0 Å². The first-order valence-electron chi connectivity index (χ1n) is 12.2. The number of benzene rings is 4. The second-order valence-electron chi connectivity index (χ2n) is 8.84. The van der Waals surface area contributed by atoms with Gasteiger partial charge in [-0.25, -0.2) is 9.37 Å². The standard InChI is InChI=1S/C32H27FN2O2/c1-37-29(36)20-18-23-17-19-28-27(30(23)33)21-22-34-31(28)35-32(24-11-5-2-6-12-24,25-13-7-3-8-14-25)26-15-9-4-10-16-26/h2-17,19,21-22H,18,20H2,1H3,(H,34,35). The molecule has 5 rings (SSSR count). The number of methoxy groups -OCH3 is 1. The van der Waals surface area contributed by atoms with Crippen molar-refractivity contribution >= 4 is 22.6 Å². The van der Waals surface area contributed by atoms with Crippen molar-refractivity contribution < 1.29 is 13.9 Å². The van der Waals surface area contributed by atoms with E-state index in [0.29, 0.717) is 22.2 Å². The molecule has 4 nitrogen and oxygen atoms in total. The fraction of sp³-hybridized carbons (Fsp3) is 0.125. The van der Waals surface area contributed by atoms with Gasteiger partial charge in [0, 0.05) is 23.4 Å². The number of hydrogen-bond acceptors (Lipinski definition) is 4. The minimum absolute atomic E-state index is 0.119. The maximum atomic E-state index is 15.6. The minimum Gasteiger partial charge on any atom is -0.469 e. The normalized spacial score (nSPS) is 11.3. The third kappa shape index (κ3) is 4.68. The van der Waals surface area contributed by atoms with Gasteiger partial charge in [0.2, 0.25) is 0 Å². The number of pyridine rings is 1. The number of fused-ring (bicyclic) bond motifs is 1. The molecular weight excluding hydrogens is 463 g/mol. The highest BCUT2D eigenvalue weighted by Gasteiger charge is 2.37. The largest absolute Gasteiger partial charge is 0.469 e. The second kappa shape index (κ2) is 10.6. The fourth-order valence-corrected chi connectivity index (χ4v) is 4.85. The van der Waals surface area contributed by atoms with Crippen LogP contribution in [0.25, 0.3) is 10.8 Å². The van der Waals surface area contributed by atoms with Crippen LogP contribution in [0.15, 0.2) is 115 Å². The predicted molar refractivity (Wildman–Crippen MR) is 145 cm³/mol. The number of esters is 1. The summed E-state index contributed by atoms with van der Waals surface area (Å²) in [6.07, 6.45) is 2.00. The van der Waals surface area contributed by atoms with Gasteiger partial charge in [0.05, 0.1) is 7.11 Å². The van der Waals surface area contributed by atoms with Crippen LogP contribution in [0.2, 0.25) is 0 Å². The number of anilines is 1. The number of nitrogens with zero attached hydrogens (tertiary/aromatic N) is 1. The van der Waals surface area contributed by atoms with Crippen molar-refractivity contribution in [3.8, 4) is 0 Å². The summed E-state index contributed by atoms with van der Waals surface area (Å²) in [6.45, 7) is 0. The van der Waals surface area contributed by atoms with E-state index in [4.69, 9.17) is 4.74 Å². The molecule has 0 radical (unpaired) electrons. The summed E-state index contributed by atoms with van der Waals surface area (Å²) in [5.41, 5.74) is 2.77. The van der Waals surface area contributed by atoms with Gasteiger partial charge in [-0.3, -0.25) is 4.79 Å². The Hall–Kier alpha value is -4.51. The molecule has 0 saturated carbocycles. The Morgan fingerprint density at radius 2 is 1.32 bits per heavy atom. The first-order chi connectivity index (χ1) is 18.1. The van der Waals surface area contributed by atoms with Crippen LogP contribution in [-0.2, 0) is 21.5 Å². The average Bonchev–Trinajstić information content (AvgIpc) is 2.97. The molecule has 0 amide bonds. The molecule has 0 fully saturated rings. The predicted octanol–water partition coefficient (Wildman–Crippen LogP) is 6.88. The highest BCUT2D eigenvalue weighted by Crippen LogP contribution is 2.41. The molecule has 0 saturated heterocycles. The maximum absolute atomic E-state index is 15.6. The van der Waals surface area contributed by atoms with E-state index in [1.54, 1.807) is 18.3 Å². The average molecular weight is 491 g/mol. The van der Waals surface area contributed by atoms with Crippen molar-refractivity contribution in [2.45, 2.75) is 18.4 Å². The van der Waals surface area contributed by atoms with Crippen LogP contribution < -0.4 is 5.32 Å². The van der Waals surface area contributed by atoms with E-state index < -0.39 is 5.54 Å². The third-order valence-corrected chi connectivity index (χ3v) is 6.71. The summed E-state index contributed by atoms with van der Waals surface area (Å²) in [4.78, 5) is 16.3. The van der Waals surface area contributed by atoms with E-state index >= 15 is 4.39 Å². The Labute approximate surface area is 215 Å². The van der Waals surface area contributed by atoms with Gasteiger partial charge in [-0.1, -0.05) is 103 Å². The van der Waals surface area contributed by atoms with E-state index in [0.717, 1.165) is 16.7 Å². The molecular formula is C32H27FN2O2. The molecule has 0 aliphatic heterocycles. The van der Waals surface area contributed by atoms with Crippen LogP contribution >= 0.6 is 0 Å². The van der Waals surface area contributed by atoms with Crippen LogP contribution in [0.5, 0.6) is 0 Å². The Morgan fingerprint density at radius 3 is 1.84 bits per heavy atom. The molecule has 184 valence electrons. The topological polar surface area (TPSA) is 51.2 Å². The summed E-state index contributed by atoms with van der Waals surface area (Å²) in [5.74, 6) is -0.154. The van der Waals surface area contributed by atoms with Crippen molar-refractivity contribution in [2.24, 2.45) is 0 Å². The Kier molecular flexibility index (Phi) is 6.95. The molecule has 0 spiro atoms. The van der Waals surface area contributed by atoms with E-state index in [2.05, 4.69) is 46.7 Å². The van der Waals surface area contributed by atoms with Crippen LogP contribution in [0.4, 0.5) is 10.2 Å². The molecule has 37 heavy (non-hydrogen) atoms. The van der Waals surface area contributed by atoms with Gasteiger partial charge < -0.3 is 10.1 Å². The lowest BCUT2D eigenvalue weighted by atomic mass is 9.77. The van der Waals surface area contributed by atoms with Gasteiger partial charge >= 0.3 is 5.97 Å². The summed E-state index contributed by atoms with van der Waals surface area (Å²) in [6, 6.07) is 35.9. The Bertz CT molecular complexity index is 1410. The summed E-state index contributed by atoms with van der Waals surface area (Å²) >= 11 is 0. The van der Waals surface area contributed by atoms with Crippen molar-refractivity contribution in [1.29, 1.82) is 0 Å². The number of halogens is 1. The fourth-order valence-electron chi connectivity index (χ4n) is 4.85. The van der Waals surface area contributed by atoms with Crippen LogP contribution in [-0.4, -0.2) is 18.1 Å². The Balaban J connectivity index is 1.69. The van der Waals surface area contributed by atoms with Crippen LogP contribution in [0, 0.1) is 5.82 Å². The van der Waals surface area contributed by atoms with E-state index in [-0.39, 0.29) is 24.6 Å². The van der Waals surface area contributed by atoms with Gasteiger partial charge in [-0.15, -0.1) is 0 Å². The first kappa shape index (κ1) is 24.2. The van der Waals surface area contributed by atoms with Crippen molar-refractivity contribution in [2.75, 3.05) is 12.4 Å². The highest BCUT2D eigenvalue weighted by molar-refractivity contribution is 5.93. The lowest BCUT2D eigenvalue weighted by molar-refractivity contribution is -0.140. The summed E-state index contributed by atoms with van der Waals surface area (Å²) in [7, 11) is 1.33. The highest BCUT2D eigenvalue weighted by atomic mass is 19.1. The quantitative estimate of drug-likeness (QED) is 0.190. The monoisotopic (exact) mass is 490 g/mol. The molecule has 5 aromatic rings. The zero-order chi connectivity index (χ0) is 25.7. The third-order valence-electron chi connectivity index (χ3n) is 6.71. The van der Waals surface area contributed by atoms with Crippen LogP contribution in [0.3, 0.4) is 0 Å². The second-order valence-corrected chi connectivity index (χ2v) is 8.84. The van der Waals surface area contributed by atoms with Gasteiger partial charge in [-0.05, 0) is 34.7 Å². The lowest BCUT2D eigenvalue weighted by Crippen LogP contribution is -2.38. The number of hydrogen-bond donors (Lipinski definition) is 1. The van der Waals surface area contributed by atoms with E-state index in [1.165, 1.54) is 7.11 Å². The number of aromatic nitrogens is 1. The maximum Gasteiger partial charge on any atom is 0.305 e. The van der Waals surface area contributed by atoms with E-state index in [1.807, 2.05) is 60.7 Å². The lowest BCUT2D eigenvalue weighted by Gasteiger charge is -2.37. The van der Waals surface area contributed by atoms with Crippen molar-refractivity contribution in [3.05, 3.63) is 143 Å². The van der Waals surface area contributed by atoms with Gasteiger partial charge in [0.25, 0.3) is 0 Å². The number of nitrogens with one attached hydrogen (secondary N) is 1.